The van der Waals surface area contributed by atoms with E-state index >= 15 is 0 Å². The lowest BCUT2D eigenvalue weighted by Gasteiger charge is -2.23. The van der Waals surface area contributed by atoms with Crippen LogP contribution in [0, 0.1) is 13.8 Å². The Balaban J connectivity index is 1.83. The molecule has 7 nitrogen and oxygen atoms in total. The number of hydrogen-bond acceptors (Lipinski definition) is 7. The van der Waals surface area contributed by atoms with Gasteiger partial charge < -0.3 is 15.0 Å². The van der Waals surface area contributed by atoms with Gasteiger partial charge in [-0.05, 0) is 26.7 Å². The number of amides is 1. The molecule has 0 spiro atoms. The minimum atomic E-state index is -0.0915. The molecule has 1 amide bonds. The molecule has 1 saturated heterocycles. The lowest BCUT2D eigenvalue weighted by atomic mass is 10.2. The van der Waals surface area contributed by atoms with Crippen LogP contribution in [0.3, 0.4) is 0 Å². The van der Waals surface area contributed by atoms with Gasteiger partial charge in [0, 0.05) is 36.5 Å². The summed E-state index contributed by atoms with van der Waals surface area (Å²) in [5.74, 6) is 1.36. The predicted molar refractivity (Wildman–Crippen MR) is 92.5 cm³/mol. The van der Waals surface area contributed by atoms with E-state index in [-0.39, 0.29) is 18.6 Å². The maximum atomic E-state index is 12.2. The van der Waals surface area contributed by atoms with E-state index in [4.69, 9.17) is 4.74 Å². The van der Waals surface area contributed by atoms with Crippen LogP contribution in [-0.4, -0.2) is 46.0 Å². The van der Waals surface area contributed by atoms with E-state index in [2.05, 4.69) is 20.3 Å². The van der Waals surface area contributed by atoms with Gasteiger partial charge >= 0.3 is 0 Å². The fourth-order valence-electron chi connectivity index (χ4n) is 2.87. The minimum absolute atomic E-state index is 0.0184. The smallest absolute Gasteiger partial charge is 0.249 e. The van der Waals surface area contributed by atoms with Gasteiger partial charge in [-0.1, -0.05) is 0 Å². The highest BCUT2D eigenvalue weighted by molar-refractivity contribution is 7.15. The molecule has 1 atom stereocenters. The molecule has 0 saturated carbocycles. The van der Waals surface area contributed by atoms with Gasteiger partial charge in [0.25, 0.3) is 0 Å². The van der Waals surface area contributed by atoms with Crippen LogP contribution in [0.2, 0.25) is 0 Å². The van der Waals surface area contributed by atoms with Crippen molar-refractivity contribution in [1.29, 1.82) is 0 Å². The van der Waals surface area contributed by atoms with Crippen molar-refractivity contribution in [2.45, 2.75) is 32.7 Å². The molecular formula is C16H21N5O2S. The quantitative estimate of drug-likeness (QED) is 0.895. The van der Waals surface area contributed by atoms with Gasteiger partial charge in [-0.25, -0.2) is 15.0 Å². The first-order valence-electron chi connectivity index (χ1n) is 7.90. The molecule has 0 aromatic carbocycles. The van der Waals surface area contributed by atoms with Crippen molar-refractivity contribution in [3.8, 4) is 0 Å². The molecule has 0 aliphatic carbocycles. The van der Waals surface area contributed by atoms with Crippen LogP contribution in [-0.2, 0) is 9.53 Å². The third-order valence-corrected chi connectivity index (χ3v) is 4.69. The van der Waals surface area contributed by atoms with Crippen LogP contribution in [0.1, 0.15) is 35.3 Å². The summed E-state index contributed by atoms with van der Waals surface area (Å²) in [6.07, 6.45) is 3.64. The molecule has 1 fully saturated rings. The summed E-state index contributed by atoms with van der Waals surface area (Å²) in [4.78, 5) is 28.6. The summed E-state index contributed by atoms with van der Waals surface area (Å²) in [5.41, 5.74) is 0.863. The van der Waals surface area contributed by atoms with E-state index in [0.29, 0.717) is 11.6 Å². The van der Waals surface area contributed by atoms with E-state index in [1.54, 1.807) is 11.3 Å². The second-order valence-electron chi connectivity index (χ2n) is 5.83. The van der Waals surface area contributed by atoms with E-state index in [9.17, 15) is 4.79 Å². The Morgan fingerprint density at radius 3 is 3.00 bits per heavy atom. The minimum Gasteiger partial charge on any atom is -0.375 e. The molecular weight excluding hydrogens is 326 g/mol. The number of aromatic nitrogens is 3. The number of rotatable bonds is 5. The second-order valence-corrected chi connectivity index (χ2v) is 7.07. The van der Waals surface area contributed by atoms with Crippen LogP contribution in [0.25, 0.3) is 0 Å². The third-order valence-electron chi connectivity index (χ3n) is 3.87. The van der Waals surface area contributed by atoms with Gasteiger partial charge in [-0.2, -0.15) is 0 Å². The zero-order chi connectivity index (χ0) is 17.1. The number of ether oxygens (including phenoxy) is 1. The first-order valence-corrected chi connectivity index (χ1v) is 8.72. The zero-order valence-electron chi connectivity index (χ0n) is 14.1. The number of carbonyl (C=O) groups is 1. The summed E-state index contributed by atoms with van der Waals surface area (Å²) < 4.78 is 4.98. The average Bonchev–Trinajstić information content (AvgIpc) is 3.16. The van der Waals surface area contributed by atoms with E-state index in [0.717, 1.165) is 35.1 Å². The summed E-state index contributed by atoms with van der Waals surface area (Å²) in [5, 5.41) is 4.03. The number of hydrogen-bond donors (Lipinski definition) is 1. The number of nitrogens with zero attached hydrogens (tertiary/aromatic N) is 4. The Bertz CT molecular complexity index is 733. The molecule has 0 radical (unpaired) electrons. The van der Waals surface area contributed by atoms with Crippen LogP contribution in [0.4, 0.5) is 10.9 Å². The number of aryl methyl sites for hydroxylation is 2. The summed E-state index contributed by atoms with van der Waals surface area (Å²) in [6.45, 7) is 4.75. The molecule has 3 rings (SSSR count). The maximum absolute atomic E-state index is 12.2. The molecule has 2 aromatic heterocycles. The zero-order valence-corrected chi connectivity index (χ0v) is 14.9. The standard InChI is InChI=1S/C16H21N5O2S/c1-10-7-13(20-16-17-8-11(2)24-16)19-15(18-10)12-5-4-6-21(12)14(22)9-23-3/h7-8,12H,4-6,9H2,1-3H3,(H,17,18,19,20). The summed E-state index contributed by atoms with van der Waals surface area (Å²) in [7, 11) is 1.53. The molecule has 8 heteroatoms. The summed E-state index contributed by atoms with van der Waals surface area (Å²) >= 11 is 1.57. The Labute approximate surface area is 145 Å². The highest BCUT2D eigenvalue weighted by Gasteiger charge is 2.32. The molecule has 1 N–H and O–H groups in total. The lowest BCUT2D eigenvalue weighted by Crippen LogP contribution is -2.34. The lowest BCUT2D eigenvalue weighted by molar-refractivity contribution is -0.136. The van der Waals surface area contributed by atoms with Crippen LogP contribution < -0.4 is 5.32 Å². The fraction of sp³-hybridized carbons (Fsp3) is 0.500. The highest BCUT2D eigenvalue weighted by Crippen LogP contribution is 2.31. The van der Waals surface area contributed by atoms with Crippen LogP contribution in [0.5, 0.6) is 0 Å². The van der Waals surface area contributed by atoms with Gasteiger partial charge in [-0.3, -0.25) is 4.79 Å². The molecule has 3 heterocycles. The van der Waals surface area contributed by atoms with Gasteiger partial charge in [-0.15, -0.1) is 11.3 Å². The molecule has 24 heavy (non-hydrogen) atoms. The van der Waals surface area contributed by atoms with Gasteiger partial charge in [0.2, 0.25) is 5.91 Å². The van der Waals surface area contributed by atoms with E-state index in [1.165, 1.54) is 7.11 Å². The maximum Gasteiger partial charge on any atom is 0.249 e. The largest absolute Gasteiger partial charge is 0.375 e. The Kier molecular flexibility index (Phi) is 5.06. The van der Waals surface area contributed by atoms with Crippen molar-refractivity contribution in [2.75, 3.05) is 25.6 Å². The van der Waals surface area contributed by atoms with Crippen molar-refractivity contribution in [3.63, 3.8) is 0 Å². The molecule has 1 aliphatic rings. The third kappa shape index (κ3) is 3.70. The topological polar surface area (TPSA) is 80.2 Å². The van der Waals surface area contributed by atoms with Crippen molar-refractivity contribution in [3.05, 3.63) is 28.7 Å². The van der Waals surface area contributed by atoms with Gasteiger partial charge in [0.15, 0.2) is 11.0 Å². The number of nitrogens with one attached hydrogen (secondary N) is 1. The van der Waals surface area contributed by atoms with Crippen molar-refractivity contribution < 1.29 is 9.53 Å². The van der Waals surface area contributed by atoms with Crippen LogP contribution in [0.15, 0.2) is 12.3 Å². The van der Waals surface area contributed by atoms with Crippen molar-refractivity contribution >= 4 is 28.2 Å². The van der Waals surface area contributed by atoms with Crippen molar-refractivity contribution in [1.82, 2.24) is 19.9 Å². The molecule has 1 aliphatic heterocycles. The Morgan fingerprint density at radius 2 is 2.29 bits per heavy atom. The SMILES string of the molecule is COCC(=O)N1CCCC1c1nc(C)cc(Nc2ncc(C)s2)n1. The highest BCUT2D eigenvalue weighted by atomic mass is 32.1. The second kappa shape index (κ2) is 7.23. The molecule has 2 aromatic rings. The van der Waals surface area contributed by atoms with Crippen molar-refractivity contribution in [2.24, 2.45) is 0 Å². The number of methoxy groups -OCH3 is 1. The number of anilines is 2. The molecule has 128 valence electrons. The number of carbonyl (C=O) groups excluding carboxylic acids is 1. The van der Waals surface area contributed by atoms with E-state index < -0.39 is 0 Å². The molecule has 0 bridgehead atoms. The predicted octanol–water partition coefficient (Wildman–Crippen LogP) is 2.60. The first kappa shape index (κ1) is 16.8. The van der Waals surface area contributed by atoms with Crippen LogP contribution >= 0.6 is 11.3 Å². The number of thiazole rings is 1. The van der Waals surface area contributed by atoms with Gasteiger partial charge in [0.1, 0.15) is 12.4 Å². The summed E-state index contributed by atoms with van der Waals surface area (Å²) in [6, 6.07) is 1.79. The first-order chi connectivity index (χ1) is 11.6. The fourth-order valence-corrected chi connectivity index (χ4v) is 3.54. The average molecular weight is 347 g/mol. The normalized spacial score (nSPS) is 17.3. The monoisotopic (exact) mass is 347 g/mol. The Morgan fingerprint density at radius 1 is 1.46 bits per heavy atom. The van der Waals surface area contributed by atoms with E-state index in [1.807, 2.05) is 31.0 Å². The Hall–Kier alpha value is -2.06. The molecule has 1 unspecified atom stereocenters. The number of likely N-dealkylation sites (tertiary alicyclic amines) is 1. The van der Waals surface area contributed by atoms with Gasteiger partial charge in [0.05, 0.1) is 6.04 Å².